The van der Waals surface area contributed by atoms with Crippen LogP contribution in [0.15, 0.2) is 51.7 Å². The van der Waals surface area contributed by atoms with Gasteiger partial charge in [0.15, 0.2) is 5.43 Å². The lowest BCUT2D eigenvalue weighted by molar-refractivity contribution is 0.614. The van der Waals surface area contributed by atoms with Crippen molar-refractivity contribution in [2.45, 2.75) is 6.92 Å². The van der Waals surface area contributed by atoms with E-state index in [0.29, 0.717) is 39.2 Å². The molecule has 3 rings (SSSR count). The maximum atomic E-state index is 12.4. The fraction of sp³-hybridized carbons (Fsp3) is 0.0625. The second-order valence-electron chi connectivity index (χ2n) is 4.77. The standard InChI is InChI=1S/C16H14N2O2/c1-9-15(19)13-4-2-3-5-14(13)20-16(9)10-6-11(17)8-12(18)7-10/h2-8H,17-18H2,1H3. The Kier molecular flexibility index (Phi) is 2.71. The number of hydrogen-bond acceptors (Lipinski definition) is 4. The van der Waals surface area contributed by atoms with E-state index in [1.165, 1.54) is 0 Å². The molecular formula is C16H14N2O2. The SMILES string of the molecule is Cc1c(-c2cc(N)cc(N)c2)oc2ccccc2c1=O. The summed E-state index contributed by atoms with van der Waals surface area (Å²) in [6, 6.07) is 12.3. The molecule has 1 heterocycles. The highest BCUT2D eigenvalue weighted by atomic mass is 16.3. The van der Waals surface area contributed by atoms with E-state index >= 15 is 0 Å². The smallest absolute Gasteiger partial charge is 0.196 e. The summed E-state index contributed by atoms with van der Waals surface area (Å²) in [7, 11) is 0. The first-order chi connectivity index (χ1) is 9.56. The van der Waals surface area contributed by atoms with E-state index in [2.05, 4.69) is 0 Å². The molecular weight excluding hydrogens is 252 g/mol. The van der Waals surface area contributed by atoms with Gasteiger partial charge in [-0.15, -0.1) is 0 Å². The summed E-state index contributed by atoms with van der Waals surface area (Å²) in [6.45, 7) is 1.74. The second-order valence-corrected chi connectivity index (χ2v) is 4.77. The Bertz CT molecular complexity index is 846. The number of nitrogens with two attached hydrogens (primary N) is 2. The average molecular weight is 266 g/mol. The van der Waals surface area contributed by atoms with Gasteiger partial charge in [0.05, 0.1) is 5.39 Å². The molecule has 0 bridgehead atoms. The lowest BCUT2D eigenvalue weighted by Gasteiger charge is -2.08. The average Bonchev–Trinajstić information content (AvgIpc) is 2.42. The number of benzene rings is 2. The van der Waals surface area contributed by atoms with E-state index in [9.17, 15) is 4.79 Å². The van der Waals surface area contributed by atoms with Crippen LogP contribution in [0, 0.1) is 6.92 Å². The molecule has 20 heavy (non-hydrogen) atoms. The van der Waals surface area contributed by atoms with Gasteiger partial charge in [-0.2, -0.15) is 0 Å². The molecule has 0 aliphatic rings. The van der Waals surface area contributed by atoms with Crippen molar-refractivity contribution in [3.05, 3.63) is 58.3 Å². The molecule has 2 aromatic carbocycles. The Labute approximate surface area is 115 Å². The van der Waals surface area contributed by atoms with Crippen molar-refractivity contribution in [1.29, 1.82) is 0 Å². The predicted molar refractivity (Wildman–Crippen MR) is 81.5 cm³/mol. The first kappa shape index (κ1) is 12.3. The highest BCUT2D eigenvalue weighted by molar-refractivity contribution is 5.81. The number of anilines is 2. The zero-order chi connectivity index (χ0) is 14.3. The Morgan fingerprint density at radius 3 is 2.35 bits per heavy atom. The largest absolute Gasteiger partial charge is 0.456 e. The molecule has 4 N–H and O–H groups in total. The van der Waals surface area contributed by atoms with E-state index in [-0.39, 0.29) is 5.43 Å². The van der Waals surface area contributed by atoms with Crippen LogP contribution in [-0.4, -0.2) is 0 Å². The Hall–Kier alpha value is -2.75. The molecule has 0 atom stereocenters. The lowest BCUT2D eigenvalue weighted by atomic mass is 10.0. The summed E-state index contributed by atoms with van der Waals surface area (Å²) >= 11 is 0. The highest BCUT2D eigenvalue weighted by Crippen LogP contribution is 2.28. The molecule has 4 heteroatoms. The fourth-order valence-electron chi connectivity index (χ4n) is 2.32. The lowest BCUT2D eigenvalue weighted by Crippen LogP contribution is -2.07. The van der Waals surface area contributed by atoms with Crippen molar-refractivity contribution >= 4 is 22.3 Å². The van der Waals surface area contributed by atoms with Crippen LogP contribution in [0.25, 0.3) is 22.3 Å². The Balaban J connectivity index is 2.36. The third-order valence-electron chi connectivity index (χ3n) is 3.26. The Morgan fingerprint density at radius 1 is 1.00 bits per heavy atom. The van der Waals surface area contributed by atoms with Crippen LogP contribution >= 0.6 is 0 Å². The third-order valence-corrected chi connectivity index (χ3v) is 3.26. The van der Waals surface area contributed by atoms with Crippen molar-refractivity contribution in [1.82, 2.24) is 0 Å². The minimum absolute atomic E-state index is 0.0390. The van der Waals surface area contributed by atoms with Gasteiger partial charge in [-0.3, -0.25) is 4.79 Å². The summed E-state index contributed by atoms with van der Waals surface area (Å²) in [5.74, 6) is 0.507. The van der Waals surface area contributed by atoms with Gasteiger partial charge in [-0.05, 0) is 37.3 Å². The van der Waals surface area contributed by atoms with Gasteiger partial charge in [0.25, 0.3) is 0 Å². The number of para-hydroxylation sites is 1. The fourth-order valence-corrected chi connectivity index (χ4v) is 2.32. The van der Waals surface area contributed by atoms with E-state index in [1.54, 1.807) is 37.3 Å². The van der Waals surface area contributed by atoms with Crippen molar-refractivity contribution in [3.63, 3.8) is 0 Å². The molecule has 0 aliphatic heterocycles. The van der Waals surface area contributed by atoms with E-state index in [0.717, 1.165) is 0 Å². The van der Waals surface area contributed by atoms with E-state index in [1.807, 2.05) is 12.1 Å². The first-order valence-corrected chi connectivity index (χ1v) is 6.25. The predicted octanol–water partition coefficient (Wildman–Crippen LogP) is 2.93. The molecule has 3 aromatic rings. The van der Waals surface area contributed by atoms with Gasteiger partial charge in [-0.1, -0.05) is 12.1 Å². The quantitative estimate of drug-likeness (QED) is 0.663. The molecule has 0 aliphatic carbocycles. The van der Waals surface area contributed by atoms with Crippen LogP contribution in [0.4, 0.5) is 11.4 Å². The monoisotopic (exact) mass is 266 g/mol. The van der Waals surface area contributed by atoms with Crippen molar-refractivity contribution < 1.29 is 4.42 Å². The van der Waals surface area contributed by atoms with Gasteiger partial charge in [-0.25, -0.2) is 0 Å². The van der Waals surface area contributed by atoms with Gasteiger partial charge in [0.2, 0.25) is 0 Å². The molecule has 0 spiro atoms. The van der Waals surface area contributed by atoms with Crippen molar-refractivity contribution in [3.8, 4) is 11.3 Å². The summed E-state index contributed by atoms with van der Waals surface area (Å²) < 4.78 is 5.86. The summed E-state index contributed by atoms with van der Waals surface area (Å²) in [4.78, 5) is 12.4. The van der Waals surface area contributed by atoms with Gasteiger partial charge in [0.1, 0.15) is 11.3 Å². The topological polar surface area (TPSA) is 82.2 Å². The maximum absolute atomic E-state index is 12.4. The molecule has 0 radical (unpaired) electrons. The zero-order valence-electron chi connectivity index (χ0n) is 11.0. The van der Waals surface area contributed by atoms with Gasteiger partial charge in [0, 0.05) is 22.5 Å². The minimum atomic E-state index is -0.0390. The van der Waals surface area contributed by atoms with E-state index in [4.69, 9.17) is 15.9 Å². The van der Waals surface area contributed by atoms with E-state index < -0.39 is 0 Å². The zero-order valence-corrected chi connectivity index (χ0v) is 11.0. The van der Waals surface area contributed by atoms with Gasteiger partial charge >= 0.3 is 0 Å². The normalized spacial score (nSPS) is 10.8. The molecule has 1 aromatic heterocycles. The number of nitrogen functional groups attached to an aromatic ring is 2. The van der Waals surface area contributed by atoms with Crippen LogP contribution in [0.3, 0.4) is 0 Å². The summed E-state index contributed by atoms with van der Waals surface area (Å²) in [5, 5.41) is 0.575. The van der Waals surface area contributed by atoms with Crippen LogP contribution < -0.4 is 16.9 Å². The molecule has 100 valence electrons. The number of hydrogen-bond donors (Lipinski definition) is 2. The van der Waals surface area contributed by atoms with Gasteiger partial charge < -0.3 is 15.9 Å². The second kappa shape index (κ2) is 4.42. The molecule has 4 nitrogen and oxygen atoms in total. The number of fused-ring (bicyclic) bond motifs is 1. The molecule has 0 saturated carbocycles. The summed E-state index contributed by atoms with van der Waals surface area (Å²) in [5.41, 5.74) is 14.4. The molecule has 0 unspecified atom stereocenters. The molecule has 0 saturated heterocycles. The molecule has 0 amide bonds. The van der Waals surface area contributed by atoms with Crippen LogP contribution in [0.5, 0.6) is 0 Å². The number of rotatable bonds is 1. The minimum Gasteiger partial charge on any atom is -0.456 e. The summed E-state index contributed by atoms with van der Waals surface area (Å²) in [6.07, 6.45) is 0. The van der Waals surface area contributed by atoms with Crippen LogP contribution in [0.1, 0.15) is 5.56 Å². The molecule has 0 fully saturated rings. The van der Waals surface area contributed by atoms with Crippen LogP contribution in [0.2, 0.25) is 0 Å². The van der Waals surface area contributed by atoms with Crippen molar-refractivity contribution in [2.75, 3.05) is 11.5 Å². The van der Waals surface area contributed by atoms with Crippen LogP contribution in [-0.2, 0) is 0 Å². The first-order valence-electron chi connectivity index (χ1n) is 6.25. The third kappa shape index (κ3) is 1.91. The maximum Gasteiger partial charge on any atom is 0.196 e. The Morgan fingerprint density at radius 2 is 1.65 bits per heavy atom. The highest BCUT2D eigenvalue weighted by Gasteiger charge is 2.13. The van der Waals surface area contributed by atoms with Crippen molar-refractivity contribution in [2.24, 2.45) is 0 Å².